The number of hydrogen-bond donors (Lipinski definition) is 1. The maximum Gasteiger partial charge on any atom is 0.230 e. The van der Waals surface area contributed by atoms with Crippen LogP contribution >= 0.6 is 23.4 Å². The number of nitrogens with zero attached hydrogens (tertiary/aromatic N) is 3. The molecule has 2 aromatic carbocycles. The first-order valence-corrected chi connectivity index (χ1v) is 9.18. The number of rotatable bonds is 6. The van der Waals surface area contributed by atoms with Gasteiger partial charge in [0.05, 0.1) is 12.9 Å². The van der Waals surface area contributed by atoms with Crippen molar-refractivity contribution >= 4 is 29.3 Å². The van der Waals surface area contributed by atoms with E-state index in [2.05, 4.69) is 15.5 Å². The minimum atomic E-state index is -0.0766. The van der Waals surface area contributed by atoms with Crippen LogP contribution in [0.1, 0.15) is 0 Å². The topological polar surface area (TPSA) is 69.0 Å². The Bertz CT molecular complexity index is 895. The van der Waals surface area contributed by atoms with E-state index in [9.17, 15) is 4.79 Å². The van der Waals surface area contributed by atoms with E-state index in [0.29, 0.717) is 16.0 Å². The third-order valence-corrected chi connectivity index (χ3v) is 4.86. The van der Waals surface area contributed by atoms with Gasteiger partial charge in [-0.3, -0.25) is 9.36 Å². The average Bonchev–Trinajstić information content (AvgIpc) is 3.10. The highest BCUT2D eigenvalue weighted by molar-refractivity contribution is 7.99. The van der Waals surface area contributed by atoms with E-state index >= 15 is 0 Å². The van der Waals surface area contributed by atoms with Crippen LogP contribution in [0, 0.1) is 0 Å². The number of carbonyl (C=O) groups is 1. The molecule has 0 saturated heterocycles. The smallest absolute Gasteiger partial charge is 0.230 e. The summed E-state index contributed by atoms with van der Waals surface area (Å²) in [6, 6.07) is 15.0. The molecule has 0 fully saturated rings. The molecule has 8 heteroatoms. The lowest BCUT2D eigenvalue weighted by molar-refractivity contribution is -0.118. The molecule has 1 heterocycles. The van der Waals surface area contributed by atoms with Gasteiger partial charge >= 0.3 is 0 Å². The summed E-state index contributed by atoms with van der Waals surface area (Å²) in [6.07, 6.45) is 0. The van der Waals surface area contributed by atoms with Crippen molar-refractivity contribution in [2.45, 2.75) is 5.16 Å². The van der Waals surface area contributed by atoms with E-state index in [0.717, 1.165) is 17.0 Å². The number of nitrogens with one attached hydrogen (secondary N) is 1. The molecular formula is C18H17ClN4O2S. The van der Waals surface area contributed by atoms with Crippen molar-refractivity contribution in [3.8, 4) is 22.8 Å². The van der Waals surface area contributed by atoms with Gasteiger partial charge in [0.1, 0.15) is 5.75 Å². The highest BCUT2D eigenvalue weighted by Crippen LogP contribution is 2.29. The third kappa shape index (κ3) is 4.00. The number of benzene rings is 2. The van der Waals surface area contributed by atoms with Crippen LogP contribution in [-0.2, 0) is 4.79 Å². The lowest BCUT2D eigenvalue weighted by atomic mass is 10.2. The van der Waals surface area contributed by atoms with Gasteiger partial charge in [0.15, 0.2) is 11.0 Å². The lowest BCUT2D eigenvalue weighted by Crippen LogP contribution is -2.20. The normalized spacial score (nSPS) is 10.6. The second-order valence-electron chi connectivity index (χ2n) is 5.31. The molecule has 0 aliphatic carbocycles. The van der Waals surface area contributed by atoms with Crippen LogP contribution in [0.3, 0.4) is 0 Å². The Morgan fingerprint density at radius 2 is 1.85 bits per heavy atom. The minimum absolute atomic E-state index is 0.0766. The average molecular weight is 389 g/mol. The summed E-state index contributed by atoms with van der Waals surface area (Å²) < 4.78 is 7.14. The molecule has 1 N–H and O–H groups in total. The van der Waals surface area contributed by atoms with E-state index < -0.39 is 0 Å². The van der Waals surface area contributed by atoms with Gasteiger partial charge in [-0.2, -0.15) is 0 Å². The number of hydrogen-bond acceptors (Lipinski definition) is 5. The standard InChI is InChI=1S/C18H17ClN4O2S/c1-20-16(24)11-26-18-22-21-17(12-3-5-13(19)6-4-12)23(18)14-7-9-15(25-2)10-8-14/h3-10H,11H2,1-2H3,(H,20,24). The van der Waals surface area contributed by atoms with Gasteiger partial charge in [-0.05, 0) is 48.5 Å². The van der Waals surface area contributed by atoms with Crippen LogP contribution in [0.2, 0.25) is 5.02 Å². The summed E-state index contributed by atoms with van der Waals surface area (Å²) in [5.41, 5.74) is 1.75. The van der Waals surface area contributed by atoms with Crippen molar-refractivity contribution in [1.29, 1.82) is 0 Å². The summed E-state index contributed by atoms with van der Waals surface area (Å²) in [7, 11) is 3.23. The number of halogens is 1. The van der Waals surface area contributed by atoms with Gasteiger partial charge in [-0.15, -0.1) is 10.2 Å². The Balaban J connectivity index is 2.04. The molecule has 0 unspecified atom stereocenters. The lowest BCUT2D eigenvalue weighted by Gasteiger charge is -2.11. The molecular weight excluding hydrogens is 372 g/mol. The van der Waals surface area contributed by atoms with Crippen molar-refractivity contribution in [3.63, 3.8) is 0 Å². The number of amides is 1. The van der Waals surface area contributed by atoms with Crippen molar-refractivity contribution in [2.24, 2.45) is 0 Å². The first-order valence-electron chi connectivity index (χ1n) is 7.81. The van der Waals surface area contributed by atoms with E-state index in [1.54, 1.807) is 26.3 Å². The molecule has 134 valence electrons. The van der Waals surface area contributed by atoms with E-state index in [-0.39, 0.29) is 11.7 Å². The summed E-state index contributed by atoms with van der Waals surface area (Å²) in [4.78, 5) is 11.6. The molecule has 3 rings (SSSR count). The fourth-order valence-corrected chi connectivity index (χ4v) is 3.27. The summed E-state index contributed by atoms with van der Waals surface area (Å²) >= 11 is 7.31. The molecule has 0 atom stereocenters. The first kappa shape index (κ1) is 18.3. The van der Waals surface area contributed by atoms with Gasteiger partial charge in [-0.25, -0.2) is 0 Å². The number of ether oxygens (including phenoxy) is 1. The largest absolute Gasteiger partial charge is 0.497 e. The molecule has 1 aromatic heterocycles. The molecule has 0 bridgehead atoms. The SMILES string of the molecule is CNC(=O)CSc1nnc(-c2ccc(Cl)cc2)n1-c1ccc(OC)cc1. The highest BCUT2D eigenvalue weighted by atomic mass is 35.5. The molecule has 3 aromatic rings. The van der Waals surface area contributed by atoms with Crippen LogP contribution in [0.5, 0.6) is 5.75 Å². The third-order valence-electron chi connectivity index (χ3n) is 3.68. The van der Waals surface area contributed by atoms with Crippen LogP contribution in [-0.4, -0.2) is 40.6 Å². The Morgan fingerprint density at radius 3 is 2.46 bits per heavy atom. The maximum atomic E-state index is 11.6. The van der Waals surface area contributed by atoms with Crippen molar-refractivity contribution in [3.05, 3.63) is 53.6 Å². The predicted octanol–water partition coefficient (Wildman–Crippen LogP) is 3.43. The van der Waals surface area contributed by atoms with Crippen LogP contribution < -0.4 is 10.1 Å². The zero-order chi connectivity index (χ0) is 18.5. The zero-order valence-corrected chi connectivity index (χ0v) is 15.8. The van der Waals surface area contributed by atoms with E-state index in [1.165, 1.54) is 11.8 Å². The molecule has 0 radical (unpaired) electrons. The number of aromatic nitrogens is 3. The number of thioether (sulfide) groups is 1. The fraction of sp³-hybridized carbons (Fsp3) is 0.167. The van der Waals surface area contributed by atoms with Gasteiger partial charge in [0.2, 0.25) is 5.91 Å². The number of methoxy groups -OCH3 is 1. The van der Waals surface area contributed by atoms with Gasteiger partial charge < -0.3 is 10.1 Å². The molecule has 0 aliphatic rings. The van der Waals surface area contributed by atoms with Gasteiger partial charge in [0.25, 0.3) is 0 Å². The Hall–Kier alpha value is -2.51. The van der Waals surface area contributed by atoms with Gasteiger partial charge in [-0.1, -0.05) is 23.4 Å². The second kappa shape index (κ2) is 8.25. The highest BCUT2D eigenvalue weighted by Gasteiger charge is 2.17. The zero-order valence-electron chi connectivity index (χ0n) is 14.3. The first-order chi connectivity index (χ1) is 12.6. The molecule has 0 saturated carbocycles. The van der Waals surface area contributed by atoms with E-state index in [1.807, 2.05) is 41.0 Å². The molecule has 26 heavy (non-hydrogen) atoms. The monoisotopic (exact) mass is 388 g/mol. The molecule has 1 amide bonds. The minimum Gasteiger partial charge on any atom is -0.497 e. The van der Waals surface area contributed by atoms with Crippen LogP contribution in [0.15, 0.2) is 53.7 Å². The predicted molar refractivity (Wildman–Crippen MR) is 103 cm³/mol. The fourth-order valence-electron chi connectivity index (χ4n) is 2.32. The Labute approximate surface area is 160 Å². The summed E-state index contributed by atoms with van der Waals surface area (Å²) in [5.74, 6) is 1.61. The second-order valence-corrected chi connectivity index (χ2v) is 6.69. The van der Waals surface area contributed by atoms with Crippen molar-refractivity contribution < 1.29 is 9.53 Å². The van der Waals surface area contributed by atoms with Crippen molar-refractivity contribution in [2.75, 3.05) is 19.9 Å². The van der Waals surface area contributed by atoms with Crippen LogP contribution in [0.4, 0.5) is 0 Å². The van der Waals surface area contributed by atoms with Gasteiger partial charge in [0, 0.05) is 23.3 Å². The molecule has 0 spiro atoms. The summed E-state index contributed by atoms with van der Waals surface area (Å²) in [6.45, 7) is 0. The van der Waals surface area contributed by atoms with E-state index in [4.69, 9.17) is 16.3 Å². The van der Waals surface area contributed by atoms with Crippen molar-refractivity contribution in [1.82, 2.24) is 20.1 Å². The summed E-state index contributed by atoms with van der Waals surface area (Å²) in [5, 5.41) is 12.5. The Kier molecular flexibility index (Phi) is 5.80. The molecule has 6 nitrogen and oxygen atoms in total. The Morgan fingerprint density at radius 1 is 1.15 bits per heavy atom. The maximum absolute atomic E-state index is 11.6. The van der Waals surface area contributed by atoms with Crippen LogP contribution in [0.25, 0.3) is 17.1 Å². The quantitative estimate of drug-likeness (QED) is 0.655. The number of carbonyl (C=O) groups excluding carboxylic acids is 1. The molecule has 0 aliphatic heterocycles.